The van der Waals surface area contributed by atoms with Crippen LogP contribution in [0.1, 0.15) is 19.3 Å². The van der Waals surface area contributed by atoms with Gasteiger partial charge in [-0.05, 0) is 43.5 Å². The third-order valence-electron chi connectivity index (χ3n) is 5.28. The van der Waals surface area contributed by atoms with Crippen molar-refractivity contribution in [2.45, 2.75) is 42.4 Å². The fourth-order valence-electron chi connectivity index (χ4n) is 3.62. The zero-order valence-corrected chi connectivity index (χ0v) is 18.7. The number of hydrogen-bond acceptors (Lipinski definition) is 6. The van der Waals surface area contributed by atoms with Crippen LogP contribution in [0.2, 0.25) is 0 Å². The van der Waals surface area contributed by atoms with E-state index in [1.54, 1.807) is 42.5 Å². The molecule has 0 aromatic heterocycles. The van der Waals surface area contributed by atoms with Gasteiger partial charge < -0.3 is 25.2 Å². The second kappa shape index (κ2) is 11.3. The van der Waals surface area contributed by atoms with Gasteiger partial charge in [0.15, 0.2) is 0 Å². The standard InChI is InChI=1S/C22H29N3O6S/c1-30-20-10-6-5-9-18(20)24-22(27)25-19-12-11-16(31-21(19)15-26)13-14-23-32(28,29)17-7-3-2-4-8-17/h2-10,16,19,21,23,26H,11-15H2,1H3,(H2,24,25,27)/t16-,19-,21-/m0/s1. The second-order valence-electron chi connectivity index (χ2n) is 7.46. The molecular formula is C22H29N3O6S. The third kappa shape index (κ3) is 6.42. The Balaban J connectivity index is 1.47. The van der Waals surface area contributed by atoms with Gasteiger partial charge in [-0.3, -0.25) is 0 Å². The topological polar surface area (TPSA) is 126 Å². The number of anilines is 1. The number of aliphatic hydroxyl groups is 1. The zero-order valence-electron chi connectivity index (χ0n) is 17.9. The first-order chi connectivity index (χ1) is 15.4. The minimum absolute atomic E-state index is 0.211. The van der Waals surface area contributed by atoms with E-state index in [0.29, 0.717) is 30.7 Å². The molecule has 10 heteroatoms. The molecule has 0 aliphatic carbocycles. The highest BCUT2D eigenvalue weighted by molar-refractivity contribution is 7.89. The molecule has 0 radical (unpaired) electrons. The molecule has 2 amide bonds. The predicted molar refractivity (Wildman–Crippen MR) is 120 cm³/mol. The number of carbonyl (C=O) groups excluding carboxylic acids is 1. The molecule has 2 aromatic rings. The molecule has 1 fully saturated rings. The summed E-state index contributed by atoms with van der Waals surface area (Å²) in [6, 6.07) is 14.4. The lowest BCUT2D eigenvalue weighted by Crippen LogP contribution is -2.52. The summed E-state index contributed by atoms with van der Waals surface area (Å²) in [7, 11) is -2.05. The van der Waals surface area contributed by atoms with Crippen LogP contribution < -0.4 is 20.1 Å². The number of benzene rings is 2. The van der Waals surface area contributed by atoms with Crippen molar-refractivity contribution in [3.05, 3.63) is 54.6 Å². The summed E-state index contributed by atoms with van der Waals surface area (Å²) >= 11 is 0. The maximum absolute atomic E-state index is 12.4. The van der Waals surface area contributed by atoms with E-state index in [4.69, 9.17) is 9.47 Å². The number of aliphatic hydroxyl groups excluding tert-OH is 1. The van der Waals surface area contributed by atoms with Crippen molar-refractivity contribution in [2.75, 3.05) is 25.6 Å². The van der Waals surface area contributed by atoms with Crippen LogP contribution in [0.4, 0.5) is 10.5 Å². The average molecular weight is 464 g/mol. The summed E-state index contributed by atoms with van der Waals surface area (Å²) in [6.07, 6.45) is 0.885. The number of urea groups is 1. The Hall–Kier alpha value is -2.66. The summed E-state index contributed by atoms with van der Waals surface area (Å²) in [4.78, 5) is 12.6. The fourth-order valence-corrected chi connectivity index (χ4v) is 4.69. The number of para-hydroxylation sites is 2. The van der Waals surface area contributed by atoms with Crippen LogP contribution in [0.15, 0.2) is 59.5 Å². The molecule has 0 spiro atoms. The summed E-state index contributed by atoms with van der Waals surface area (Å²) in [5.41, 5.74) is 0.536. The molecule has 0 bridgehead atoms. The average Bonchev–Trinajstić information content (AvgIpc) is 2.80. The van der Waals surface area contributed by atoms with Crippen molar-refractivity contribution in [3.63, 3.8) is 0 Å². The molecule has 0 unspecified atom stereocenters. The van der Waals surface area contributed by atoms with E-state index >= 15 is 0 Å². The molecule has 1 heterocycles. The van der Waals surface area contributed by atoms with E-state index in [-0.39, 0.29) is 30.2 Å². The van der Waals surface area contributed by atoms with Gasteiger partial charge in [-0.15, -0.1) is 0 Å². The van der Waals surface area contributed by atoms with Crippen LogP contribution in [0.25, 0.3) is 0 Å². The van der Waals surface area contributed by atoms with Gasteiger partial charge in [0.1, 0.15) is 11.9 Å². The second-order valence-corrected chi connectivity index (χ2v) is 9.23. The first-order valence-corrected chi connectivity index (χ1v) is 11.9. The highest BCUT2D eigenvalue weighted by atomic mass is 32.2. The molecule has 9 nitrogen and oxygen atoms in total. The Labute approximate surface area is 188 Å². The lowest BCUT2D eigenvalue weighted by molar-refractivity contribution is -0.0884. The normalized spacial score (nSPS) is 21.0. The van der Waals surface area contributed by atoms with Crippen molar-refractivity contribution >= 4 is 21.7 Å². The Morgan fingerprint density at radius 3 is 2.56 bits per heavy atom. The van der Waals surface area contributed by atoms with Gasteiger partial charge in [0, 0.05) is 6.54 Å². The fraction of sp³-hybridized carbons (Fsp3) is 0.409. The van der Waals surface area contributed by atoms with E-state index in [1.807, 2.05) is 0 Å². The van der Waals surface area contributed by atoms with Crippen molar-refractivity contribution < 1.29 is 27.8 Å². The van der Waals surface area contributed by atoms with Crippen LogP contribution in [0.3, 0.4) is 0 Å². The van der Waals surface area contributed by atoms with E-state index in [9.17, 15) is 18.3 Å². The molecule has 1 aliphatic rings. The maximum Gasteiger partial charge on any atom is 0.319 e. The monoisotopic (exact) mass is 463 g/mol. The minimum Gasteiger partial charge on any atom is -0.495 e. The Bertz CT molecular complexity index is 986. The molecule has 32 heavy (non-hydrogen) atoms. The van der Waals surface area contributed by atoms with E-state index < -0.39 is 22.2 Å². The number of rotatable bonds is 9. The van der Waals surface area contributed by atoms with E-state index in [0.717, 1.165) is 0 Å². The summed E-state index contributed by atoms with van der Waals surface area (Å²) in [6.45, 7) is -0.0434. The van der Waals surface area contributed by atoms with Crippen molar-refractivity contribution in [2.24, 2.45) is 0 Å². The van der Waals surface area contributed by atoms with Gasteiger partial charge >= 0.3 is 6.03 Å². The molecule has 2 aromatic carbocycles. The molecule has 3 atom stereocenters. The van der Waals surface area contributed by atoms with Gasteiger partial charge in [-0.2, -0.15) is 0 Å². The smallest absolute Gasteiger partial charge is 0.319 e. The van der Waals surface area contributed by atoms with Crippen LogP contribution in [0.5, 0.6) is 5.75 Å². The van der Waals surface area contributed by atoms with Crippen molar-refractivity contribution in [3.8, 4) is 5.75 Å². The highest BCUT2D eigenvalue weighted by Crippen LogP contribution is 2.24. The lowest BCUT2D eigenvalue weighted by Gasteiger charge is -2.36. The summed E-state index contributed by atoms with van der Waals surface area (Å²) in [5.74, 6) is 0.541. The molecular weight excluding hydrogens is 434 g/mol. The van der Waals surface area contributed by atoms with Crippen LogP contribution in [-0.2, 0) is 14.8 Å². The Morgan fingerprint density at radius 1 is 1.12 bits per heavy atom. The van der Waals surface area contributed by atoms with E-state index in [2.05, 4.69) is 15.4 Å². The van der Waals surface area contributed by atoms with Gasteiger partial charge in [-0.25, -0.2) is 17.9 Å². The summed E-state index contributed by atoms with van der Waals surface area (Å²) < 4.78 is 38.3. The van der Waals surface area contributed by atoms with Crippen LogP contribution in [-0.4, -0.2) is 58.1 Å². The number of carbonyl (C=O) groups is 1. The molecule has 4 N–H and O–H groups in total. The molecule has 0 saturated carbocycles. The van der Waals surface area contributed by atoms with Crippen molar-refractivity contribution in [1.82, 2.24) is 10.0 Å². The SMILES string of the molecule is COc1ccccc1NC(=O)N[C@H]1CC[C@@H](CCNS(=O)(=O)c2ccccc2)O[C@H]1CO. The van der Waals surface area contributed by atoms with Gasteiger partial charge in [0.05, 0.1) is 36.4 Å². The van der Waals surface area contributed by atoms with Gasteiger partial charge in [-0.1, -0.05) is 30.3 Å². The quantitative estimate of drug-likeness (QED) is 0.451. The molecule has 1 saturated heterocycles. The number of nitrogens with one attached hydrogen (secondary N) is 3. The maximum atomic E-state index is 12.4. The molecule has 174 valence electrons. The molecule has 3 rings (SSSR count). The first-order valence-electron chi connectivity index (χ1n) is 10.4. The number of amides is 2. The van der Waals surface area contributed by atoms with Crippen molar-refractivity contribution in [1.29, 1.82) is 0 Å². The largest absolute Gasteiger partial charge is 0.495 e. The zero-order chi connectivity index (χ0) is 23.0. The van der Waals surface area contributed by atoms with Crippen LogP contribution in [0, 0.1) is 0 Å². The molecule has 1 aliphatic heterocycles. The Kier molecular flexibility index (Phi) is 8.46. The predicted octanol–water partition coefficient (Wildman–Crippen LogP) is 2.09. The number of hydrogen-bond donors (Lipinski definition) is 4. The number of methoxy groups -OCH3 is 1. The first kappa shape index (κ1) is 24.0. The van der Waals surface area contributed by atoms with E-state index in [1.165, 1.54) is 19.2 Å². The van der Waals surface area contributed by atoms with Crippen LogP contribution >= 0.6 is 0 Å². The lowest BCUT2D eigenvalue weighted by atomic mass is 9.97. The third-order valence-corrected chi connectivity index (χ3v) is 6.76. The van der Waals surface area contributed by atoms with Gasteiger partial charge in [0.2, 0.25) is 10.0 Å². The van der Waals surface area contributed by atoms with Gasteiger partial charge in [0.25, 0.3) is 0 Å². The number of sulfonamides is 1. The summed E-state index contributed by atoms with van der Waals surface area (Å²) in [5, 5.41) is 15.3. The minimum atomic E-state index is -3.57. The Morgan fingerprint density at radius 2 is 1.84 bits per heavy atom. The highest BCUT2D eigenvalue weighted by Gasteiger charge is 2.32. The number of ether oxygens (including phenoxy) is 2.